The topological polar surface area (TPSA) is 76.1 Å². The Bertz CT molecular complexity index is 987. The summed E-state index contributed by atoms with van der Waals surface area (Å²) in [5, 5.41) is 6.20. The smallest absolute Gasteiger partial charge is 0.274 e. The highest BCUT2D eigenvalue weighted by Gasteiger charge is 2.15. The molecule has 0 saturated carbocycles. The monoisotopic (exact) mass is 390 g/mol. The van der Waals surface area contributed by atoms with Gasteiger partial charge >= 0.3 is 0 Å². The van der Waals surface area contributed by atoms with Gasteiger partial charge in [-0.25, -0.2) is 9.97 Å². The van der Waals surface area contributed by atoms with Crippen LogP contribution in [0.2, 0.25) is 0 Å². The minimum Gasteiger partial charge on any atom is -0.495 e. The molecule has 3 rings (SSSR count). The second-order valence-corrected chi connectivity index (χ2v) is 7.26. The van der Waals surface area contributed by atoms with E-state index in [1.807, 2.05) is 55.5 Å². The minimum atomic E-state index is -0.318. The van der Waals surface area contributed by atoms with E-state index < -0.39 is 0 Å². The Labute approximate surface area is 171 Å². The third-order valence-electron chi connectivity index (χ3n) is 4.29. The zero-order valence-electron chi connectivity index (χ0n) is 17.2. The average molecular weight is 390 g/mol. The van der Waals surface area contributed by atoms with E-state index in [0.29, 0.717) is 29.0 Å². The van der Waals surface area contributed by atoms with Crippen LogP contribution in [-0.4, -0.2) is 29.5 Å². The molecule has 1 amide bonds. The van der Waals surface area contributed by atoms with Crippen molar-refractivity contribution in [2.75, 3.05) is 24.3 Å². The molecule has 1 heterocycles. The standard InChI is InChI=1S/C23H26N4O2/c1-15(2)14-24-21-13-19(25-22(27-21)17-8-6-5-7-9-17)23(28)26-18-12-16(3)10-11-20(18)29-4/h5-13,15H,14H2,1-4H3,(H,26,28)(H,24,25,27). The number of anilines is 2. The van der Waals surface area contributed by atoms with Crippen molar-refractivity contribution in [3.8, 4) is 17.1 Å². The number of aromatic nitrogens is 2. The SMILES string of the molecule is COc1ccc(C)cc1NC(=O)c1cc(NCC(C)C)nc(-c2ccccc2)n1. The molecule has 2 aromatic carbocycles. The van der Waals surface area contributed by atoms with Gasteiger partial charge < -0.3 is 15.4 Å². The number of hydrogen-bond acceptors (Lipinski definition) is 5. The van der Waals surface area contributed by atoms with E-state index in [2.05, 4.69) is 34.4 Å². The highest BCUT2D eigenvalue weighted by atomic mass is 16.5. The molecule has 6 heteroatoms. The molecule has 0 radical (unpaired) electrons. The van der Waals surface area contributed by atoms with Crippen molar-refractivity contribution in [1.29, 1.82) is 0 Å². The fourth-order valence-electron chi connectivity index (χ4n) is 2.78. The number of nitrogens with zero attached hydrogens (tertiary/aromatic N) is 2. The maximum Gasteiger partial charge on any atom is 0.274 e. The van der Waals surface area contributed by atoms with Crippen LogP contribution in [0.1, 0.15) is 29.9 Å². The normalized spacial score (nSPS) is 10.7. The molecule has 0 bridgehead atoms. The molecule has 0 atom stereocenters. The highest BCUT2D eigenvalue weighted by Crippen LogP contribution is 2.26. The van der Waals surface area contributed by atoms with Gasteiger partial charge in [0.25, 0.3) is 5.91 Å². The van der Waals surface area contributed by atoms with Crippen LogP contribution in [0.4, 0.5) is 11.5 Å². The molecule has 0 fully saturated rings. The first-order valence-electron chi connectivity index (χ1n) is 9.60. The van der Waals surface area contributed by atoms with E-state index in [1.165, 1.54) is 0 Å². The van der Waals surface area contributed by atoms with Gasteiger partial charge in [0, 0.05) is 18.2 Å². The van der Waals surface area contributed by atoms with E-state index in [9.17, 15) is 4.79 Å². The molecule has 0 unspecified atom stereocenters. The predicted octanol–water partition coefficient (Wildman–Crippen LogP) is 4.78. The summed E-state index contributed by atoms with van der Waals surface area (Å²) in [6.45, 7) is 6.94. The first-order valence-corrected chi connectivity index (χ1v) is 9.60. The molecule has 0 aliphatic rings. The van der Waals surface area contributed by atoms with Gasteiger partial charge in [0.15, 0.2) is 5.82 Å². The van der Waals surface area contributed by atoms with Crippen molar-refractivity contribution in [3.63, 3.8) is 0 Å². The summed E-state index contributed by atoms with van der Waals surface area (Å²) in [7, 11) is 1.58. The Balaban J connectivity index is 1.95. The van der Waals surface area contributed by atoms with Crippen molar-refractivity contribution >= 4 is 17.4 Å². The number of ether oxygens (including phenoxy) is 1. The number of aryl methyl sites for hydroxylation is 1. The van der Waals surface area contributed by atoms with Gasteiger partial charge in [-0.3, -0.25) is 4.79 Å². The molecule has 150 valence electrons. The van der Waals surface area contributed by atoms with E-state index in [0.717, 1.165) is 17.7 Å². The Hall–Kier alpha value is -3.41. The van der Waals surface area contributed by atoms with Crippen LogP contribution in [0.25, 0.3) is 11.4 Å². The second kappa shape index (κ2) is 9.19. The molecule has 0 saturated heterocycles. The van der Waals surface area contributed by atoms with Crippen LogP contribution in [0.5, 0.6) is 5.75 Å². The molecule has 1 aromatic heterocycles. The number of rotatable bonds is 7. The van der Waals surface area contributed by atoms with Crippen LogP contribution in [-0.2, 0) is 0 Å². The maximum absolute atomic E-state index is 13.0. The first-order chi connectivity index (χ1) is 14.0. The molecule has 2 N–H and O–H groups in total. The molecule has 6 nitrogen and oxygen atoms in total. The maximum atomic E-state index is 13.0. The quantitative estimate of drug-likeness (QED) is 0.607. The number of methoxy groups -OCH3 is 1. The summed E-state index contributed by atoms with van der Waals surface area (Å²) >= 11 is 0. The third kappa shape index (κ3) is 5.31. The van der Waals surface area contributed by atoms with Gasteiger partial charge in [-0.2, -0.15) is 0 Å². The lowest BCUT2D eigenvalue weighted by Crippen LogP contribution is -2.17. The summed E-state index contributed by atoms with van der Waals surface area (Å²) in [6, 6.07) is 16.9. The first kappa shape index (κ1) is 20.3. The number of hydrogen-bond donors (Lipinski definition) is 2. The van der Waals surface area contributed by atoms with Crippen LogP contribution in [0, 0.1) is 12.8 Å². The van der Waals surface area contributed by atoms with Gasteiger partial charge in [0.1, 0.15) is 17.3 Å². The van der Waals surface area contributed by atoms with Gasteiger partial charge in [0.2, 0.25) is 0 Å². The summed E-state index contributed by atoms with van der Waals surface area (Å²) in [4.78, 5) is 22.1. The van der Waals surface area contributed by atoms with Crippen LogP contribution in [0.3, 0.4) is 0 Å². The summed E-state index contributed by atoms with van der Waals surface area (Å²) in [5.74, 6) is 1.84. The lowest BCUT2D eigenvalue weighted by molar-refractivity contribution is 0.102. The number of carbonyl (C=O) groups is 1. The Morgan fingerprint density at radius 1 is 1.07 bits per heavy atom. The fraction of sp³-hybridized carbons (Fsp3) is 0.261. The van der Waals surface area contributed by atoms with E-state index in [1.54, 1.807) is 13.2 Å². The minimum absolute atomic E-state index is 0.286. The Kier molecular flexibility index (Phi) is 6.44. The number of nitrogens with one attached hydrogen (secondary N) is 2. The van der Waals surface area contributed by atoms with Gasteiger partial charge in [-0.15, -0.1) is 0 Å². The zero-order valence-corrected chi connectivity index (χ0v) is 17.2. The highest BCUT2D eigenvalue weighted by molar-refractivity contribution is 6.04. The second-order valence-electron chi connectivity index (χ2n) is 7.26. The lowest BCUT2D eigenvalue weighted by Gasteiger charge is -2.13. The lowest BCUT2D eigenvalue weighted by atomic mass is 10.2. The van der Waals surface area contributed by atoms with Gasteiger partial charge in [-0.05, 0) is 30.5 Å². The van der Waals surface area contributed by atoms with Gasteiger partial charge in [-0.1, -0.05) is 50.2 Å². The van der Waals surface area contributed by atoms with Crippen LogP contribution < -0.4 is 15.4 Å². The number of benzene rings is 2. The van der Waals surface area contributed by atoms with Crippen LogP contribution in [0.15, 0.2) is 54.6 Å². The van der Waals surface area contributed by atoms with Crippen molar-refractivity contribution < 1.29 is 9.53 Å². The summed E-state index contributed by atoms with van der Waals surface area (Å²) in [5.41, 5.74) is 2.76. The summed E-state index contributed by atoms with van der Waals surface area (Å²) < 4.78 is 5.36. The number of amides is 1. The largest absolute Gasteiger partial charge is 0.495 e. The average Bonchev–Trinajstić information content (AvgIpc) is 2.73. The van der Waals surface area contributed by atoms with Gasteiger partial charge in [0.05, 0.1) is 12.8 Å². The number of carbonyl (C=O) groups excluding carboxylic acids is 1. The summed E-state index contributed by atoms with van der Waals surface area (Å²) in [6.07, 6.45) is 0. The third-order valence-corrected chi connectivity index (χ3v) is 4.29. The van der Waals surface area contributed by atoms with E-state index in [4.69, 9.17) is 4.74 Å². The molecule has 0 aliphatic carbocycles. The molecule has 3 aromatic rings. The molecule has 0 spiro atoms. The molecular weight excluding hydrogens is 364 g/mol. The molecular formula is C23H26N4O2. The predicted molar refractivity (Wildman–Crippen MR) is 116 cm³/mol. The zero-order chi connectivity index (χ0) is 20.8. The van der Waals surface area contributed by atoms with Crippen molar-refractivity contribution in [2.24, 2.45) is 5.92 Å². The molecule has 29 heavy (non-hydrogen) atoms. The fourth-order valence-corrected chi connectivity index (χ4v) is 2.78. The van der Waals surface area contributed by atoms with Crippen molar-refractivity contribution in [3.05, 3.63) is 65.9 Å². The van der Waals surface area contributed by atoms with Crippen molar-refractivity contribution in [1.82, 2.24) is 9.97 Å². The Morgan fingerprint density at radius 3 is 2.52 bits per heavy atom. The van der Waals surface area contributed by atoms with Crippen LogP contribution >= 0.6 is 0 Å². The van der Waals surface area contributed by atoms with Crippen molar-refractivity contribution in [2.45, 2.75) is 20.8 Å². The van der Waals surface area contributed by atoms with E-state index >= 15 is 0 Å². The molecule has 0 aliphatic heterocycles. The Morgan fingerprint density at radius 2 is 1.83 bits per heavy atom. The van der Waals surface area contributed by atoms with E-state index in [-0.39, 0.29) is 11.6 Å².